The highest BCUT2D eigenvalue weighted by Crippen LogP contribution is 2.28. The first kappa shape index (κ1) is 15.1. The molecular weight excluding hydrogens is 312 g/mol. The molecule has 0 aliphatic heterocycles. The Morgan fingerprint density at radius 1 is 1.50 bits per heavy atom. The number of carbonyl (C=O) groups excluding carboxylic acids is 1. The fourth-order valence-electron chi connectivity index (χ4n) is 1.80. The smallest absolute Gasteiger partial charge is 0.234 e. The molecule has 18 heavy (non-hydrogen) atoms. The zero-order chi connectivity index (χ0) is 13.9. The first-order valence-electron chi connectivity index (χ1n) is 5.73. The molecular formula is C13H17BrN2OS. The number of hydrogen-bond acceptors (Lipinski definition) is 2. The van der Waals surface area contributed by atoms with Crippen LogP contribution in [0, 0.1) is 19.8 Å². The van der Waals surface area contributed by atoms with Crippen LogP contribution in [0.1, 0.15) is 24.5 Å². The molecule has 0 saturated heterocycles. The molecule has 3 N–H and O–H groups in total. The molecule has 1 aromatic carbocycles. The van der Waals surface area contributed by atoms with Crippen LogP contribution in [-0.4, -0.2) is 10.9 Å². The second-order valence-corrected chi connectivity index (χ2v) is 5.62. The van der Waals surface area contributed by atoms with E-state index in [-0.39, 0.29) is 10.9 Å². The lowest BCUT2D eigenvalue weighted by Gasteiger charge is -2.16. The van der Waals surface area contributed by atoms with Crippen LogP contribution in [0.5, 0.6) is 0 Å². The molecule has 0 bridgehead atoms. The molecule has 1 amide bonds. The van der Waals surface area contributed by atoms with E-state index in [0.717, 1.165) is 21.3 Å². The molecule has 1 atom stereocenters. The fraction of sp³-hybridized carbons (Fsp3) is 0.385. The van der Waals surface area contributed by atoms with Crippen LogP contribution in [0.3, 0.4) is 0 Å². The Hall–Kier alpha value is -0.940. The van der Waals surface area contributed by atoms with Crippen LogP contribution < -0.4 is 11.1 Å². The molecule has 0 saturated carbocycles. The summed E-state index contributed by atoms with van der Waals surface area (Å²) in [5.41, 5.74) is 8.48. The molecule has 1 rings (SSSR count). The summed E-state index contributed by atoms with van der Waals surface area (Å²) in [6, 6.07) is 3.98. The van der Waals surface area contributed by atoms with E-state index in [1.165, 1.54) is 0 Å². The van der Waals surface area contributed by atoms with Crippen LogP contribution in [0.2, 0.25) is 0 Å². The zero-order valence-electron chi connectivity index (χ0n) is 10.7. The van der Waals surface area contributed by atoms with Gasteiger partial charge in [-0.25, -0.2) is 0 Å². The van der Waals surface area contributed by atoms with Gasteiger partial charge in [-0.1, -0.05) is 25.2 Å². The molecule has 3 nitrogen and oxygen atoms in total. The van der Waals surface area contributed by atoms with Gasteiger partial charge in [-0.2, -0.15) is 0 Å². The van der Waals surface area contributed by atoms with E-state index in [2.05, 4.69) is 21.2 Å². The minimum Gasteiger partial charge on any atom is -0.393 e. The van der Waals surface area contributed by atoms with E-state index in [0.29, 0.717) is 6.42 Å². The first-order chi connectivity index (χ1) is 8.36. The van der Waals surface area contributed by atoms with E-state index in [1.54, 1.807) is 0 Å². The van der Waals surface area contributed by atoms with Gasteiger partial charge in [0.05, 0.1) is 16.6 Å². The minimum absolute atomic E-state index is 0.155. The van der Waals surface area contributed by atoms with Gasteiger partial charge in [0.2, 0.25) is 5.91 Å². The molecule has 1 aromatic rings. The third-order valence-corrected chi connectivity index (χ3v) is 3.66. The molecule has 0 radical (unpaired) electrons. The van der Waals surface area contributed by atoms with Gasteiger partial charge >= 0.3 is 0 Å². The SMILES string of the molecule is CCC(C(=O)Nc1c(C)cc(C)cc1Br)C(N)=S. The largest absolute Gasteiger partial charge is 0.393 e. The Bertz CT molecular complexity index is 465. The van der Waals surface area contributed by atoms with Gasteiger partial charge in [0, 0.05) is 4.47 Å². The van der Waals surface area contributed by atoms with Crippen molar-refractivity contribution < 1.29 is 4.79 Å². The maximum atomic E-state index is 12.1. The Morgan fingerprint density at radius 2 is 2.11 bits per heavy atom. The van der Waals surface area contributed by atoms with Crippen molar-refractivity contribution in [1.29, 1.82) is 0 Å². The maximum absolute atomic E-state index is 12.1. The molecule has 0 aliphatic rings. The Balaban J connectivity index is 2.98. The number of aryl methyl sites for hydroxylation is 2. The highest BCUT2D eigenvalue weighted by atomic mass is 79.9. The standard InChI is InChI=1S/C13H17BrN2OS/c1-4-9(12(15)18)13(17)16-11-8(3)5-7(2)6-10(11)14/h5-6,9H,4H2,1-3H3,(H2,15,18)(H,16,17). The van der Waals surface area contributed by atoms with Crippen LogP contribution in [-0.2, 0) is 4.79 Å². The summed E-state index contributed by atoms with van der Waals surface area (Å²) in [5.74, 6) is -0.578. The Morgan fingerprint density at radius 3 is 2.56 bits per heavy atom. The number of rotatable bonds is 4. The number of benzene rings is 1. The third kappa shape index (κ3) is 3.53. The highest BCUT2D eigenvalue weighted by Gasteiger charge is 2.20. The molecule has 1 unspecified atom stereocenters. The Labute approximate surface area is 121 Å². The number of amides is 1. The number of carbonyl (C=O) groups is 1. The number of nitrogens with two attached hydrogens (primary N) is 1. The molecule has 0 aromatic heterocycles. The third-order valence-electron chi connectivity index (χ3n) is 2.75. The molecule has 0 spiro atoms. The summed E-state index contributed by atoms with van der Waals surface area (Å²) in [7, 11) is 0. The van der Waals surface area contributed by atoms with Crippen molar-refractivity contribution in [3.63, 3.8) is 0 Å². The highest BCUT2D eigenvalue weighted by molar-refractivity contribution is 9.10. The summed E-state index contributed by atoms with van der Waals surface area (Å²) in [6.45, 7) is 5.85. The van der Waals surface area contributed by atoms with Crippen LogP contribution in [0.15, 0.2) is 16.6 Å². The average Bonchev–Trinajstić information content (AvgIpc) is 2.23. The molecule has 98 valence electrons. The number of anilines is 1. The summed E-state index contributed by atoms with van der Waals surface area (Å²) in [5, 5.41) is 2.88. The monoisotopic (exact) mass is 328 g/mol. The van der Waals surface area contributed by atoms with Crippen molar-refractivity contribution in [2.75, 3.05) is 5.32 Å². The predicted molar refractivity (Wildman–Crippen MR) is 82.8 cm³/mol. The van der Waals surface area contributed by atoms with E-state index in [4.69, 9.17) is 18.0 Å². The number of thiocarbonyl (C=S) groups is 1. The number of hydrogen-bond donors (Lipinski definition) is 2. The number of nitrogens with one attached hydrogen (secondary N) is 1. The fourth-order valence-corrected chi connectivity index (χ4v) is 2.85. The van der Waals surface area contributed by atoms with Gasteiger partial charge in [0.1, 0.15) is 0 Å². The van der Waals surface area contributed by atoms with Crippen molar-refractivity contribution in [3.05, 3.63) is 27.7 Å². The quantitative estimate of drug-likeness (QED) is 0.833. The molecule has 0 heterocycles. The minimum atomic E-state index is -0.424. The second-order valence-electron chi connectivity index (χ2n) is 4.29. The summed E-state index contributed by atoms with van der Waals surface area (Å²) < 4.78 is 0.867. The predicted octanol–water partition coefficient (Wildman–Crippen LogP) is 3.32. The summed E-state index contributed by atoms with van der Waals surface area (Å²) in [6.07, 6.45) is 0.601. The van der Waals surface area contributed by atoms with Gasteiger partial charge in [0.15, 0.2) is 0 Å². The van der Waals surface area contributed by atoms with Crippen LogP contribution in [0.4, 0.5) is 5.69 Å². The summed E-state index contributed by atoms with van der Waals surface area (Å²) in [4.78, 5) is 12.3. The second kappa shape index (κ2) is 6.29. The summed E-state index contributed by atoms with van der Waals surface area (Å²) >= 11 is 8.36. The van der Waals surface area contributed by atoms with Gasteiger partial charge in [-0.3, -0.25) is 4.79 Å². The van der Waals surface area contributed by atoms with E-state index in [9.17, 15) is 4.79 Å². The lowest BCUT2D eigenvalue weighted by Crippen LogP contribution is -2.33. The Kier molecular flexibility index (Phi) is 5.28. The van der Waals surface area contributed by atoms with Gasteiger partial charge < -0.3 is 11.1 Å². The van der Waals surface area contributed by atoms with Crippen molar-refractivity contribution in [2.24, 2.45) is 11.7 Å². The molecule has 0 fully saturated rings. The zero-order valence-corrected chi connectivity index (χ0v) is 13.1. The topological polar surface area (TPSA) is 55.1 Å². The lowest BCUT2D eigenvalue weighted by molar-refractivity contribution is -0.118. The van der Waals surface area contributed by atoms with Crippen molar-refractivity contribution in [1.82, 2.24) is 0 Å². The van der Waals surface area contributed by atoms with Crippen molar-refractivity contribution in [2.45, 2.75) is 27.2 Å². The van der Waals surface area contributed by atoms with Crippen molar-refractivity contribution in [3.8, 4) is 0 Å². The van der Waals surface area contributed by atoms with Gasteiger partial charge in [0.25, 0.3) is 0 Å². The van der Waals surface area contributed by atoms with Crippen LogP contribution >= 0.6 is 28.1 Å². The lowest BCUT2D eigenvalue weighted by atomic mass is 10.0. The first-order valence-corrected chi connectivity index (χ1v) is 6.93. The van der Waals surface area contributed by atoms with Crippen LogP contribution in [0.25, 0.3) is 0 Å². The normalized spacial score (nSPS) is 12.0. The number of halogens is 1. The van der Waals surface area contributed by atoms with E-state index < -0.39 is 5.92 Å². The van der Waals surface area contributed by atoms with Gasteiger partial charge in [-0.05, 0) is 53.4 Å². The average molecular weight is 329 g/mol. The van der Waals surface area contributed by atoms with E-state index in [1.807, 2.05) is 32.9 Å². The van der Waals surface area contributed by atoms with E-state index >= 15 is 0 Å². The maximum Gasteiger partial charge on any atom is 0.234 e. The van der Waals surface area contributed by atoms with Gasteiger partial charge in [-0.15, -0.1) is 0 Å². The molecule has 0 aliphatic carbocycles. The molecule has 5 heteroatoms. The van der Waals surface area contributed by atoms with Crippen molar-refractivity contribution >= 4 is 44.7 Å².